The first-order valence-corrected chi connectivity index (χ1v) is 14.4. The molecule has 1 unspecified atom stereocenters. The summed E-state index contributed by atoms with van der Waals surface area (Å²) >= 11 is 0. The highest BCUT2D eigenvalue weighted by Crippen LogP contribution is 2.29. The second-order valence-corrected chi connectivity index (χ2v) is 11.0. The van der Waals surface area contributed by atoms with Gasteiger partial charge in [0, 0.05) is 18.4 Å². The first kappa shape index (κ1) is 29.4. The predicted octanol–water partition coefficient (Wildman–Crippen LogP) is 9.13. The maximum atomic E-state index is 12.6. The number of unbranched alkanes of at least 4 members (excludes halogenated alkanes) is 12. The second-order valence-electron chi connectivity index (χ2n) is 11.0. The number of Topliss-reactive ketones (excluding diaryl/α,β-unsaturated/α-hetero) is 1. The number of nitrogens with zero attached hydrogens (tertiary/aromatic N) is 1. The molecule has 0 heterocycles. The molecule has 32 heavy (non-hydrogen) atoms. The van der Waals surface area contributed by atoms with Gasteiger partial charge >= 0.3 is 0 Å². The van der Waals surface area contributed by atoms with Crippen LogP contribution in [0.5, 0.6) is 0 Å². The lowest BCUT2D eigenvalue weighted by atomic mass is 9.80. The van der Waals surface area contributed by atoms with Crippen molar-refractivity contribution in [3.63, 3.8) is 0 Å². The molecule has 1 saturated carbocycles. The van der Waals surface area contributed by atoms with Crippen LogP contribution in [0.25, 0.3) is 0 Å². The summed E-state index contributed by atoms with van der Waals surface area (Å²) in [7, 11) is 4.34. The minimum atomic E-state index is 0.355. The molecule has 0 aromatic heterocycles. The zero-order chi connectivity index (χ0) is 23.4. The molecule has 0 amide bonds. The van der Waals surface area contributed by atoms with Crippen molar-refractivity contribution in [1.29, 1.82) is 0 Å². The third kappa shape index (κ3) is 15.3. The molecular weight excluding hydrogens is 390 g/mol. The summed E-state index contributed by atoms with van der Waals surface area (Å²) in [6, 6.07) is 0.692. The van der Waals surface area contributed by atoms with Crippen LogP contribution in [-0.4, -0.2) is 30.8 Å². The molecule has 1 atom stereocenters. The van der Waals surface area contributed by atoms with E-state index < -0.39 is 0 Å². The van der Waals surface area contributed by atoms with Gasteiger partial charge in [0.05, 0.1) is 0 Å². The SMILES string of the molecule is CCCCCCCC/C=C\CCCCCCCCC(C)CC(=O)C1CCC(N(C)C)CC1. The Hall–Kier alpha value is -0.630. The Labute approximate surface area is 202 Å². The molecule has 0 spiro atoms. The van der Waals surface area contributed by atoms with Crippen molar-refractivity contribution in [3.8, 4) is 0 Å². The van der Waals surface area contributed by atoms with Gasteiger partial charge in [0.25, 0.3) is 0 Å². The number of rotatable bonds is 20. The van der Waals surface area contributed by atoms with Crippen LogP contribution < -0.4 is 0 Å². The number of carbonyl (C=O) groups excluding carboxylic acids is 1. The zero-order valence-corrected chi connectivity index (χ0v) is 22.4. The first-order chi connectivity index (χ1) is 15.5. The van der Waals surface area contributed by atoms with Crippen molar-refractivity contribution < 1.29 is 4.79 Å². The van der Waals surface area contributed by atoms with E-state index in [1.54, 1.807) is 0 Å². The van der Waals surface area contributed by atoms with Gasteiger partial charge in [0.2, 0.25) is 0 Å². The normalized spacial score (nSPS) is 20.3. The molecule has 0 N–H and O–H groups in total. The van der Waals surface area contributed by atoms with Crippen LogP contribution in [0.4, 0.5) is 0 Å². The maximum absolute atomic E-state index is 12.6. The first-order valence-electron chi connectivity index (χ1n) is 14.4. The minimum absolute atomic E-state index is 0.355. The van der Waals surface area contributed by atoms with Crippen LogP contribution >= 0.6 is 0 Å². The van der Waals surface area contributed by atoms with E-state index in [1.807, 2.05) is 0 Å². The third-order valence-electron chi connectivity index (χ3n) is 7.64. The Bertz CT molecular complexity index is 461. The molecule has 0 aromatic carbocycles. The minimum Gasteiger partial charge on any atom is -0.306 e. The highest BCUT2D eigenvalue weighted by Gasteiger charge is 2.27. The second kappa shape index (κ2) is 19.8. The van der Waals surface area contributed by atoms with Gasteiger partial charge in [-0.25, -0.2) is 0 Å². The van der Waals surface area contributed by atoms with E-state index >= 15 is 0 Å². The van der Waals surface area contributed by atoms with Crippen molar-refractivity contribution in [2.45, 2.75) is 148 Å². The quantitative estimate of drug-likeness (QED) is 0.137. The maximum Gasteiger partial charge on any atom is 0.136 e. The third-order valence-corrected chi connectivity index (χ3v) is 7.64. The lowest BCUT2D eigenvalue weighted by Gasteiger charge is -2.32. The summed E-state index contributed by atoms with van der Waals surface area (Å²) in [6.45, 7) is 4.58. The van der Waals surface area contributed by atoms with E-state index in [-0.39, 0.29) is 0 Å². The summed E-state index contributed by atoms with van der Waals surface area (Å²) in [4.78, 5) is 15.0. The van der Waals surface area contributed by atoms with Gasteiger partial charge in [-0.05, 0) is 71.4 Å². The monoisotopic (exact) mass is 447 g/mol. The molecule has 1 aliphatic carbocycles. The van der Waals surface area contributed by atoms with Crippen LogP contribution in [0.15, 0.2) is 12.2 Å². The predicted molar refractivity (Wildman–Crippen MR) is 142 cm³/mol. The van der Waals surface area contributed by atoms with Crippen molar-refractivity contribution >= 4 is 5.78 Å². The van der Waals surface area contributed by atoms with Gasteiger partial charge in [-0.2, -0.15) is 0 Å². The number of hydrogen-bond acceptors (Lipinski definition) is 2. The van der Waals surface area contributed by atoms with E-state index in [0.717, 1.165) is 19.3 Å². The summed E-state index contributed by atoms with van der Waals surface area (Å²) in [5, 5.41) is 0. The van der Waals surface area contributed by atoms with Gasteiger partial charge < -0.3 is 4.90 Å². The Morgan fingerprint density at radius 1 is 0.781 bits per heavy atom. The Kier molecular flexibility index (Phi) is 18.2. The fraction of sp³-hybridized carbons (Fsp3) is 0.900. The van der Waals surface area contributed by atoms with Crippen LogP contribution in [0.3, 0.4) is 0 Å². The molecule has 2 heteroatoms. The molecular formula is C30H57NO. The van der Waals surface area contributed by atoms with Gasteiger partial charge in [0.1, 0.15) is 5.78 Å². The van der Waals surface area contributed by atoms with Gasteiger partial charge in [-0.15, -0.1) is 0 Å². The van der Waals surface area contributed by atoms with Crippen LogP contribution in [0.1, 0.15) is 142 Å². The number of hydrogen-bond donors (Lipinski definition) is 0. The average molecular weight is 448 g/mol. The fourth-order valence-electron chi connectivity index (χ4n) is 5.27. The smallest absolute Gasteiger partial charge is 0.136 e. The fourth-order valence-corrected chi connectivity index (χ4v) is 5.27. The molecule has 0 saturated heterocycles. The number of carbonyl (C=O) groups is 1. The highest BCUT2D eigenvalue weighted by molar-refractivity contribution is 5.81. The van der Waals surface area contributed by atoms with Crippen molar-refractivity contribution in [2.75, 3.05) is 14.1 Å². The Balaban J connectivity index is 1.88. The van der Waals surface area contributed by atoms with Crippen LogP contribution in [0, 0.1) is 11.8 Å². The average Bonchev–Trinajstić information content (AvgIpc) is 2.78. The van der Waals surface area contributed by atoms with Gasteiger partial charge in [-0.1, -0.05) is 96.6 Å². The van der Waals surface area contributed by atoms with Crippen LogP contribution in [0.2, 0.25) is 0 Å². The molecule has 1 aliphatic rings. The van der Waals surface area contributed by atoms with Crippen LogP contribution in [-0.2, 0) is 4.79 Å². The van der Waals surface area contributed by atoms with Crippen molar-refractivity contribution in [2.24, 2.45) is 11.8 Å². The summed E-state index contributed by atoms with van der Waals surface area (Å²) in [6.07, 6.45) is 30.6. The van der Waals surface area contributed by atoms with Crippen molar-refractivity contribution in [1.82, 2.24) is 4.90 Å². The van der Waals surface area contributed by atoms with Crippen molar-refractivity contribution in [3.05, 3.63) is 12.2 Å². The molecule has 0 aromatic rings. The number of ketones is 1. The summed E-state index contributed by atoms with van der Waals surface area (Å²) < 4.78 is 0. The molecule has 2 nitrogen and oxygen atoms in total. The molecule has 0 aliphatic heterocycles. The van der Waals surface area contributed by atoms with E-state index in [4.69, 9.17) is 0 Å². The molecule has 0 radical (unpaired) electrons. The highest BCUT2D eigenvalue weighted by atomic mass is 16.1. The summed E-state index contributed by atoms with van der Waals surface area (Å²) in [5.41, 5.74) is 0. The Morgan fingerprint density at radius 3 is 1.81 bits per heavy atom. The Morgan fingerprint density at radius 2 is 1.28 bits per heavy atom. The molecule has 0 bridgehead atoms. The van der Waals surface area contributed by atoms with E-state index in [0.29, 0.717) is 23.7 Å². The standard InChI is InChI=1S/C30H57NO/c1-5-6-7-8-9-10-11-12-13-14-15-16-17-18-19-20-21-27(2)26-30(32)28-22-24-29(25-23-28)31(3)4/h12-13,27-29H,5-11,14-26H2,1-4H3/b13-12-. The largest absolute Gasteiger partial charge is 0.306 e. The van der Waals surface area contributed by atoms with E-state index in [1.165, 1.54) is 109 Å². The van der Waals surface area contributed by atoms with E-state index in [9.17, 15) is 4.79 Å². The topological polar surface area (TPSA) is 20.3 Å². The molecule has 1 fully saturated rings. The zero-order valence-electron chi connectivity index (χ0n) is 22.4. The van der Waals surface area contributed by atoms with Gasteiger partial charge in [0.15, 0.2) is 0 Å². The summed E-state index contributed by atoms with van der Waals surface area (Å²) in [5.74, 6) is 1.48. The van der Waals surface area contributed by atoms with E-state index in [2.05, 4.69) is 45.0 Å². The lowest BCUT2D eigenvalue weighted by Crippen LogP contribution is -2.34. The number of allylic oxidation sites excluding steroid dienone is 2. The lowest BCUT2D eigenvalue weighted by molar-refractivity contribution is -0.125. The molecule has 1 rings (SSSR count). The molecule has 188 valence electrons. The van der Waals surface area contributed by atoms with Gasteiger partial charge in [-0.3, -0.25) is 4.79 Å².